The van der Waals surface area contributed by atoms with E-state index in [-0.39, 0.29) is 11.9 Å². The highest BCUT2D eigenvalue weighted by molar-refractivity contribution is 5.82. The molecule has 1 atom stereocenters. The molecule has 1 amide bonds. The van der Waals surface area contributed by atoms with Crippen molar-refractivity contribution in [2.45, 2.75) is 25.6 Å². The van der Waals surface area contributed by atoms with Crippen LogP contribution in [0.1, 0.15) is 16.8 Å². The van der Waals surface area contributed by atoms with Crippen molar-refractivity contribution in [3.8, 4) is 0 Å². The Kier molecular flexibility index (Phi) is 3.29. The van der Waals surface area contributed by atoms with Crippen LogP contribution in [0.3, 0.4) is 0 Å². The van der Waals surface area contributed by atoms with Gasteiger partial charge in [-0.3, -0.25) is 4.79 Å². The molecular weight excluding hydrogens is 240 g/mol. The van der Waals surface area contributed by atoms with E-state index >= 15 is 0 Å². The van der Waals surface area contributed by atoms with Crippen LogP contribution in [0, 0.1) is 0 Å². The minimum atomic E-state index is -0.155. The van der Waals surface area contributed by atoms with Crippen molar-refractivity contribution in [2.24, 2.45) is 0 Å². The van der Waals surface area contributed by atoms with E-state index in [4.69, 9.17) is 0 Å². The molecule has 1 aromatic heterocycles. The zero-order valence-corrected chi connectivity index (χ0v) is 10.5. The Hall–Kier alpha value is -2.14. The maximum atomic E-state index is 12.1. The number of carbonyl (C=O) groups excluding carboxylic acids is 1. The summed E-state index contributed by atoms with van der Waals surface area (Å²) in [7, 11) is 0. The zero-order chi connectivity index (χ0) is 13.1. The normalized spacial score (nSPS) is 17.8. The Morgan fingerprint density at radius 1 is 1.37 bits per heavy atom. The molecule has 0 saturated carbocycles. The fourth-order valence-corrected chi connectivity index (χ4v) is 2.33. The fraction of sp³-hybridized carbons (Fsp3) is 0.286. The molecule has 3 rings (SSSR count). The average molecular weight is 256 g/mol. The molecule has 0 unspecified atom stereocenters. The molecule has 0 bridgehead atoms. The molecule has 98 valence electrons. The summed E-state index contributed by atoms with van der Waals surface area (Å²) in [6.07, 6.45) is 4.06. The maximum Gasteiger partial charge on any atom is 0.237 e. The van der Waals surface area contributed by atoms with E-state index in [0.717, 1.165) is 18.7 Å². The minimum Gasteiger partial charge on any atom is -0.349 e. The first kappa shape index (κ1) is 11.9. The van der Waals surface area contributed by atoms with E-state index in [9.17, 15) is 4.79 Å². The number of aromatic nitrogens is 2. The Labute approximate surface area is 111 Å². The van der Waals surface area contributed by atoms with Gasteiger partial charge >= 0.3 is 0 Å². The topological polar surface area (TPSA) is 69.8 Å². The average Bonchev–Trinajstić information content (AvgIpc) is 2.97. The number of rotatable bonds is 3. The lowest BCUT2D eigenvalue weighted by atomic mass is 9.95. The quantitative estimate of drug-likeness (QED) is 0.758. The van der Waals surface area contributed by atoms with Crippen LogP contribution in [0.25, 0.3) is 0 Å². The molecule has 0 aliphatic carbocycles. The van der Waals surface area contributed by atoms with Gasteiger partial charge in [-0.2, -0.15) is 0 Å². The molecule has 1 aliphatic heterocycles. The van der Waals surface area contributed by atoms with Crippen molar-refractivity contribution in [3.63, 3.8) is 0 Å². The molecule has 3 N–H and O–H groups in total. The molecule has 2 heterocycles. The second-order valence-electron chi connectivity index (χ2n) is 4.70. The van der Waals surface area contributed by atoms with Gasteiger partial charge in [0.25, 0.3) is 0 Å². The van der Waals surface area contributed by atoms with Crippen molar-refractivity contribution in [1.82, 2.24) is 20.6 Å². The van der Waals surface area contributed by atoms with E-state index in [2.05, 4.69) is 32.7 Å². The monoisotopic (exact) mass is 256 g/mol. The smallest absolute Gasteiger partial charge is 0.237 e. The third-order valence-electron chi connectivity index (χ3n) is 3.41. The summed E-state index contributed by atoms with van der Waals surface area (Å²) in [5.74, 6) is 0.0316. The number of hydrogen-bond donors (Lipinski definition) is 3. The van der Waals surface area contributed by atoms with Gasteiger partial charge in [0, 0.05) is 12.7 Å². The third kappa shape index (κ3) is 2.66. The number of nitrogens with one attached hydrogen (secondary N) is 3. The van der Waals surface area contributed by atoms with Crippen LogP contribution in [-0.4, -0.2) is 21.9 Å². The molecule has 5 heteroatoms. The van der Waals surface area contributed by atoms with Crippen LogP contribution in [0.4, 0.5) is 0 Å². The summed E-state index contributed by atoms with van der Waals surface area (Å²) in [4.78, 5) is 19.0. The van der Waals surface area contributed by atoms with Gasteiger partial charge in [0.2, 0.25) is 5.91 Å². The summed E-state index contributed by atoms with van der Waals surface area (Å²) in [5.41, 5.74) is 3.44. The summed E-state index contributed by atoms with van der Waals surface area (Å²) in [6, 6.07) is 8.08. The van der Waals surface area contributed by atoms with Crippen LogP contribution in [0.2, 0.25) is 0 Å². The Bertz CT molecular complexity index is 565. The van der Waals surface area contributed by atoms with E-state index in [1.807, 2.05) is 12.1 Å². The van der Waals surface area contributed by atoms with Crippen LogP contribution >= 0.6 is 0 Å². The van der Waals surface area contributed by atoms with Gasteiger partial charge in [0.15, 0.2) is 0 Å². The Morgan fingerprint density at radius 2 is 2.21 bits per heavy atom. The number of imidazole rings is 1. The number of amides is 1. The number of hydrogen-bond acceptors (Lipinski definition) is 3. The number of aromatic amines is 1. The highest BCUT2D eigenvalue weighted by Gasteiger charge is 2.23. The number of H-pyrrole nitrogens is 1. The predicted octanol–water partition coefficient (Wildman–Crippen LogP) is 0.740. The molecule has 0 spiro atoms. The number of fused-ring (bicyclic) bond motifs is 1. The molecule has 1 aromatic carbocycles. The van der Waals surface area contributed by atoms with Gasteiger partial charge in [-0.15, -0.1) is 0 Å². The SMILES string of the molecule is O=C(NCc1cnc[nH]1)[C@@H]1Cc2ccccc2CN1. The first-order chi connectivity index (χ1) is 9.33. The lowest BCUT2D eigenvalue weighted by Gasteiger charge is -2.25. The fourth-order valence-electron chi connectivity index (χ4n) is 2.33. The highest BCUT2D eigenvalue weighted by Crippen LogP contribution is 2.16. The number of nitrogens with zero attached hydrogens (tertiary/aromatic N) is 1. The van der Waals surface area contributed by atoms with Gasteiger partial charge in [0.1, 0.15) is 0 Å². The third-order valence-corrected chi connectivity index (χ3v) is 3.41. The zero-order valence-electron chi connectivity index (χ0n) is 10.5. The predicted molar refractivity (Wildman–Crippen MR) is 71.2 cm³/mol. The standard InChI is InChI=1S/C14H16N4O/c19-14(17-8-12-7-15-9-18-12)13-5-10-3-1-2-4-11(10)6-16-13/h1-4,7,9,13,16H,5-6,8H2,(H,15,18)(H,17,19)/t13-/m0/s1. The molecule has 0 radical (unpaired) electrons. The minimum absolute atomic E-state index is 0.0316. The summed E-state index contributed by atoms with van der Waals surface area (Å²) < 4.78 is 0. The molecule has 5 nitrogen and oxygen atoms in total. The van der Waals surface area contributed by atoms with Crippen molar-refractivity contribution >= 4 is 5.91 Å². The van der Waals surface area contributed by atoms with Crippen LogP contribution in [0.15, 0.2) is 36.8 Å². The van der Waals surface area contributed by atoms with E-state index in [1.165, 1.54) is 11.1 Å². The Morgan fingerprint density at radius 3 is 3.00 bits per heavy atom. The van der Waals surface area contributed by atoms with E-state index in [1.54, 1.807) is 12.5 Å². The van der Waals surface area contributed by atoms with E-state index < -0.39 is 0 Å². The number of carbonyl (C=O) groups is 1. The summed E-state index contributed by atoms with van der Waals surface area (Å²) >= 11 is 0. The number of benzene rings is 1. The van der Waals surface area contributed by atoms with Gasteiger partial charge in [-0.05, 0) is 17.5 Å². The molecule has 0 saturated heterocycles. The first-order valence-corrected chi connectivity index (χ1v) is 6.38. The molecule has 0 fully saturated rings. The second-order valence-corrected chi connectivity index (χ2v) is 4.70. The second kappa shape index (κ2) is 5.24. The van der Waals surface area contributed by atoms with Crippen molar-refractivity contribution in [2.75, 3.05) is 0 Å². The van der Waals surface area contributed by atoms with Crippen LogP contribution in [0.5, 0.6) is 0 Å². The first-order valence-electron chi connectivity index (χ1n) is 6.38. The van der Waals surface area contributed by atoms with Crippen LogP contribution in [-0.2, 0) is 24.3 Å². The van der Waals surface area contributed by atoms with Gasteiger partial charge in [-0.25, -0.2) is 4.98 Å². The van der Waals surface area contributed by atoms with Gasteiger partial charge in [-0.1, -0.05) is 24.3 Å². The van der Waals surface area contributed by atoms with Crippen molar-refractivity contribution < 1.29 is 4.79 Å². The Balaban J connectivity index is 1.60. The van der Waals surface area contributed by atoms with Crippen LogP contribution < -0.4 is 10.6 Å². The largest absolute Gasteiger partial charge is 0.349 e. The maximum absolute atomic E-state index is 12.1. The molecule has 19 heavy (non-hydrogen) atoms. The summed E-state index contributed by atoms with van der Waals surface area (Å²) in [6.45, 7) is 1.23. The summed E-state index contributed by atoms with van der Waals surface area (Å²) in [5, 5.41) is 6.18. The molecule has 1 aliphatic rings. The lowest BCUT2D eigenvalue weighted by Crippen LogP contribution is -2.47. The molecule has 2 aromatic rings. The van der Waals surface area contributed by atoms with Gasteiger partial charge < -0.3 is 15.6 Å². The van der Waals surface area contributed by atoms with Gasteiger partial charge in [0.05, 0.1) is 24.6 Å². The highest BCUT2D eigenvalue weighted by atomic mass is 16.2. The van der Waals surface area contributed by atoms with Crippen molar-refractivity contribution in [3.05, 3.63) is 53.6 Å². The van der Waals surface area contributed by atoms with Crippen molar-refractivity contribution in [1.29, 1.82) is 0 Å². The lowest BCUT2D eigenvalue weighted by molar-refractivity contribution is -0.123. The molecular formula is C14H16N4O. The van der Waals surface area contributed by atoms with E-state index in [0.29, 0.717) is 6.54 Å².